The SMILES string of the molecule is Cc1cccc(CN2C(=O)OC(c3ccc(NC(=O)Cc4ccccc4)cc3)C2C(=O)N2CCC(C)CC2)c1. The Labute approximate surface area is 229 Å². The maximum Gasteiger partial charge on any atom is 0.411 e. The van der Waals surface area contributed by atoms with Gasteiger partial charge in [-0.15, -0.1) is 0 Å². The Morgan fingerprint density at radius 2 is 1.62 bits per heavy atom. The van der Waals surface area contributed by atoms with Crippen molar-refractivity contribution >= 4 is 23.6 Å². The first kappa shape index (κ1) is 26.5. The highest BCUT2D eigenvalue weighted by molar-refractivity contribution is 5.92. The van der Waals surface area contributed by atoms with Crippen LogP contribution in [0, 0.1) is 12.8 Å². The highest BCUT2D eigenvalue weighted by Gasteiger charge is 2.48. The number of amides is 3. The van der Waals surface area contributed by atoms with Gasteiger partial charge in [-0.25, -0.2) is 4.79 Å². The van der Waals surface area contributed by atoms with E-state index in [9.17, 15) is 14.4 Å². The van der Waals surface area contributed by atoms with Gasteiger partial charge in [-0.1, -0.05) is 79.2 Å². The zero-order chi connectivity index (χ0) is 27.4. The molecule has 0 bridgehead atoms. The number of carbonyl (C=O) groups is 3. The number of ether oxygens (including phenoxy) is 1. The summed E-state index contributed by atoms with van der Waals surface area (Å²) in [6, 6.07) is 24.0. The van der Waals surface area contributed by atoms with Crippen molar-refractivity contribution in [1.29, 1.82) is 0 Å². The number of anilines is 1. The van der Waals surface area contributed by atoms with E-state index in [0.29, 0.717) is 31.2 Å². The average Bonchev–Trinajstić information content (AvgIpc) is 3.25. The average molecular weight is 526 g/mol. The third-order valence-corrected chi connectivity index (χ3v) is 7.60. The van der Waals surface area contributed by atoms with Gasteiger partial charge < -0.3 is 15.0 Å². The number of rotatable bonds is 7. The molecule has 2 aliphatic heterocycles. The first-order valence-corrected chi connectivity index (χ1v) is 13.6. The van der Waals surface area contributed by atoms with E-state index >= 15 is 0 Å². The molecule has 2 heterocycles. The molecule has 0 radical (unpaired) electrons. The molecule has 2 aliphatic rings. The van der Waals surface area contributed by atoms with Gasteiger partial charge in [0, 0.05) is 18.8 Å². The van der Waals surface area contributed by atoms with Crippen LogP contribution in [0.5, 0.6) is 0 Å². The van der Waals surface area contributed by atoms with E-state index in [1.165, 1.54) is 0 Å². The van der Waals surface area contributed by atoms with Gasteiger partial charge in [0.15, 0.2) is 12.1 Å². The normalized spacial score (nSPS) is 19.6. The molecule has 0 aliphatic carbocycles. The van der Waals surface area contributed by atoms with Crippen LogP contribution in [0.4, 0.5) is 10.5 Å². The lowest BCUT2D eigenvalue weighted by molar-refractivity contribution is -0.138. The predicted molar refractivity (Wildman–Crippen MR) is 150 cm³/mol. The molecule has 3 amide bonds. The number of nitrogens with one attached hydrogen (secondary N) is 1. The van der Waals surface area contributed by atoms with Crippen molar-refractivity contribution in [2.45, 2.75) is 51.8 Å². The molecule has 202 valence electrons. The number of hydrogen-bond acceptors (Lipinski definition) is 4. The van der Waals surface area contributed by atoms with E-state index in [2.05, 4.69) is 12.2 Å². The first-order valence-electron chi connectivity index (χ1n) is 13.6. The second kappa shape index (κ2) is 11.7. The van der Waals surface area contributed by atoms with Crippen molar-refractivity contribution in [2.24, 2.45) is 5.92 Å². The van der Waals surface area contributed by atoms with Crippen LogP contribution < -0.4 is 5.32 Å². The van der Waals surface area contributed by atoms with Crippen molar-refractivity contribution in [3.8, 4) is 0 Å². The summed E-state index contributed by atoms with van der Waals surface area (Å²) in [5.74, 6) is 0.392. The molecule has 2 saturated heterocycles. The van der Waals surface area contributed by atoms with Crippen molar-refractivity contribution in [2.75, 3.05) is 18.4 Å². The predicted octanol–water partition coefficient (Wildman–Crippen LogP) is 5.50. The number of hydrogen-bond donors (Lipinski definition) is 1. The molecular formula is C32H35N3O4. The van der Waals surface area contributed by atoms with Crippen LogP contribution in [-0.4, -0.2) is 46.8 Å². The fourth-order valence-corrected chi connectivity index (χ4v) is 5.36. The van der Waals surface area contributed by atoms with Gasteiger partial charge in [-0.2, -0.15) is 0 Å². The Kier molecular flexibility index (Phi) is 7.96. The number of aryl methyl sites for hydroxylation is 1. The molecule has 0 aromatic heterocycles. The number of carbonyl (C=O) groups excluding carboxylic acids is 3. The molecule has 0 spiro atoms. The number of likely N-dealkylation sites (tertiary alicyclic amines) is 1. The highest BCUT2D eigenvalue weighted by atomic mass is 16.6. The number of cyclic esters (lactones) is 1. The fraction of sp³-hybridized carbons (Fsp3) is 0.344. The third-order valence-electron chi connectivity index (χ3n) is 7.60. The van der Waals surface area contributed by atoms with Crippen LogP contribution in [0.3, 0.4) is 0 Å². The zero-order valence-corrected chi connectivity index (χ0v) is 22.5. The summed E-state index contributed by atoms with van der Waals surface area (Å²) in [4.78, 5) is 43.0. The first-order chi connectivity index (χ1) is 18.9. The number of nitrogens with zero attached hydrogens (tertiary/aromatic N) is 2. The molecule has 2 atom stereocenters. The van der Waals surface area contributed by atoms with Gasteiger partial charge in [0.2, 0.25) is 11.8 Å². The minimum absolute atomic E-state index is 0.0781. The Bertz CT molecular complexity index is 1320. The molecule has 2 unspecified atom stereocenters. The van der Waals surface area contributed by atoms with E-state index in [0.717, 1.165) is 35.1 Å². The molecule has 1 N–H and O–H groups in total. The van der Waals surface area contributed by atoms with Crippen molar-refractivity contribution in [3.05, 3.63) is 101 Å². The summed E-state index contributed by atoms with van der Waals surface area (Å²) in [5.41, 5.74) is 4.35. The van der Waals surface area contributed by atoms with Crippen LogP contribution in [0.2, 0.25) is 0 Å². The molecule has 7 nitrogen and oxygen atoms in total. The van der Waals surface area contributed by atoms with Gasteiger partial charge in [0.05, 0.1) is 13.0 Å². The second-order valence-corrected chi connectivity index (χ2v) is 10.7. The van der Waals surface area contributed by atoms with Crippen LogP contribution in [0.1, 0.15) is 48.1 Å². The van der Waals surface area contributed by atoms with E-state index in [1.54, 1.807) is 17.0 Å². The van der Waals surface area contributed by atoms with Crippen LogP contribution in [-0.2, 0) is 27.3 Å². The molecule has 39 heavy (non-hydrogen) atoms. The van der Waals surface area contributed by atoms with Crippen molar-refractivity contribution < 1.29 is 19.1 Å². The largest absolute Gasteiger partial charge is 0.438 e. The van der Waals surface area contributed by atoms with Gasteiger partial charge >= 0.3 is 6.09 Å². The zero-order valence-electron chi connectivity index (χ0n) is 22.5. The summed E-state index contributed by atoms with van der Waals surface area (Å²) in [5, 5.41) is 2.92. The van der Waals surface area contributed by atoms with Gasteiger partial charge in [0.25, 0.3) is 0 Å². The Hall–Kier alpha value is -4.13. The van der Waals surface area contributed by atoms with Gasteiger partial charge in [-0.05, 0) is 54.5 Å². The highest BCUT2D eigenvalue weighted by Crippen LogP contribution is 2.36. The smallest absolute Gasteiger partial charge is 0.411 e. The van der Waals surface area contributed by atoms with Crippen LogP contribution >= 0.6 is 0 Å². The number of piperidine rings is 1. The Morgan fingerprint density at radius 3 is 2.31 bits per heavy atom. The minimum atomic E-state index is -0.759. The number of benzene rings is 3. The quantitative estimate of drug-likeness (QED) is 0.442. The molecule has 7 heteroatoms. The van der Waals surface area contributed by atoms with Crippen molar-refractivity contribution in [1.82, 2.24) is 9.80 Å². The Morgan fingerprint density at radius 1 is 0.923 bits per heavy atom. The summed E-state index contributed by atoms with van der Waals surface area (Å²) in [7, 11) is 0. The lowest BCUT2D eigenvalue weighted by Gasteiger charge is -2.34. The van der Waals surface area contributed by atoms with Gasteiger partial charge in [0.1, 0.15) is 0 Å². The second-order valence-electron chi connectivity index (χ2n) is 10.7. The molecule has 0 saturated carbocycles. The monoisotopic (exact) mass is 525 g/mol. The van der Waals surface area contributed by atoms with Crippen molar-refractivity contribution in [3.63, 3.8) is 0 Å². The molecule has 2 fully saturated rings. The topological polar surface area (TPSA) is 79.0 Å². The molecule has 5 rings (SSSR count). The van der Waals surface area contributed by atoms with E-state index in [-0.39, 0.29) is 18.2 Å². The Balaban J connectivity index is 1.35. The maximum atomic E-state index is 13.9. The summed E-state index contributed by atoms with van der Waals surface area (Å²) in [6.07, 6.45) is 0.955. The fourth-order valence-electron chi connectivity index (χ4n) is 5.36. The van der Waals surface area contributed by atoms with Gasteiger partial charge in [-0.3, -0.25) is 14.5 Å². The van der Waals surface area contributed by atoms with Crippen LogP contribution in [0.25, 0.3) is 0 Å². The third kappa shape index (κ3) is 6.30. The lowest BCUT2D eigenvalue weighted by atomic mass is 9.96. The molecule has 3 aromatic rings. The van der Waals surface area contributed by atoms with E-state index < -0.39 is 18.2 Å². The molecular weight excluding hydrogens is 490 g/mol. The lowest BCUT2D eigenvalue weighted by Crippen LogP contribution is -2.50. The summed E-state index contributed by atoms with van der Waals surface area (Å²) < 4.78 is 5.86. The standard InChI is InChI=1S/C32H35N3O4/c1-22-15-17-34(18-16-22)31(37)29-30(39-32(38)35(29)21-25-10-6-7-23(2)19-25)26-11-13-27(14-12-26)33-28(36)20-24-8-4-3-5-9-24/h3-14,19,22,29-30H,15-18,20-21H2,1-2H3,(H,33,36). The molecule has 3 aromatic carbocycles. The van der Waals surface area contributed by atoms with E-state index in [1.807, 2.05) is 78.6 Å². The summed E-state index contributed by atoms with van der Waals surface area (Å²) >= 11 is 0. The maximum absolute atomic E-state index is 13.9. The minimum Gasteiger partial charge on any atom is -0.438 e. The summed E-state index contributed by atoms with van der Waals surface area (Å²) in [6.45, 7) is 5.87. The van der Waals surface area contributed by atoms with E-state index in [4.69, 9.17) is 4.74 Å². The van der Waals surface area contributed by atoms with Crippen LogP contribution in [0.15, 0.2) is 78.9 Å².